The molecule has 2 rings (SSSR count). The Morgan fingerprint density at radius 3 is 2.47 bits per heavy atom. The molecule has 80 valence electrons. The van der Waals surface area contributed by atoms with E-state index in [1.54, 1.807) is 0 Å². The highest BCUT2D eigenvalue weighted by atomic mass is 14.8. The Morgan fingerprint density at radius 1 is 1.13 bits per heavy atom. The Hall–Kier alpha value is -1.18. The Labute approximate surface area is 91.5 Å². The molecule has 1 aromatic rings. The van der Waals surface area contributed by atoms with Crippen molar-refractivity contribution >= 4 is 6.08 Å². The van der Waals surface area contributed by atoms with E-state index in [4.69, 9.17) is 0 Å². The summed E-state index contributed by atoms with van der Waals surface area (Å²) >= 11 is 0. The highest BCUT2D eigenvalue weighted by molar-refractivity contribution is 5.59. The molecule has 1 aromatic heterocycles. The van der Waals surface area contributed by atoms with E-state index in [9.17, 15) is 0 Å². The van der Waals surface area contributed by atoms with Crippen molar-refractivity contribution in [3.63, 3.8) is 0 Å². The van der Waals surface area contributed by atoms with Crippen LogP contribution in [0, 0.1) is 5.92 Å². The molecule has 0 fully saturated rings. The van der Waals surface area contributed by atoms with Crippen molar-refractivity contribution in [2.24, 2.45) is 5.92 Å². The molecule has 0 aromatic carbocycles. The van der Waals surface area contributed by atoms with Crippen molar-refractivity contribution in [3.8, 4) is 0 Å². The van der Waals surface area contributed by atoms with Crippen LogP contribution in [0.25, 0.3) is 6.08 Å². The quantitative estimate of drug-likeness (QED) is 0.736. The zero-order valence-electron chi connectivity index (χ0n) is 9.91. The molecule has 2 nitrogen and oxygen atoms in total. The maximum atomic E-state index is 4.65. The molecule has 1 aliphatic carbocycles. The van der Waals surface area contributed by atoms with Crippen LogP contribution in [0.15, 0.2) is 11.8 Å². The first kappa shape index (κ1) is 10.3. The average molecular weight is 202 g/mol. The lowest BCUT2D eigenvalue weighted by atomic mass is 10.0. The van der Waals surface area contributed by atoms with Crippen LogP contribution in [0.2, 0.25) is 0 Å². The van der Waals surface area contributed by atoms with Gasteiger partial charge in [-0.3, -0.25) is 4.98 Å². The van der Waals surface area contributed by atoms with Crippen molar-refractivity contribution in [3.05, 3.63) is 28.9 Å². The molecule has 0 unspecified atom stereocenters. The largest absolute Gasteiger partial charge is 0.257 e. The van der Waals surface area contributed by atoms with Gasteiger partial charge >= 0.3 is 0 Å². The fourth-order valence-corrected chi connectivity index (χ4v) is 1.76. The van der Waals surface area contributed by atoms with Gasteiger partial charge in [-0.1, -0.05) is 33.3 Å². The average Bonchev–Trinajstić information content (AvgIpc) is 2.59. The predicted molar refractivity (Wildman–Crippen MR) is 62.6 cm³/mol. The summed E-state index contributed by atoms with van der Waals surface area (Å²) < 4.78 is 0. The van der Waals surface area contributed by atoms with Crippen molar-refractivity contribution < 1.29 is 0 Å². The van der Waals surface area contributed by atoms with Crippen LogP contribution in [0.1, 0.15) is 50.7 Å². The van der Waals surface area contributed by atoms with E-state index in [-0.39, 0.29) is 0 Å². The minimum absolute atomic E-state index is 0.458. The molecule has 1 aliphatic rings. The molecular formula is C13H18N2. The lowest BCUT2D eigenvalue weighted by Crippen LogP contribution is -1.99. The summed E-state index contributed by atoms with van der Waals surface area (Å²) in [4.78, 5) is 9.15. The zero-order chi connectivity index (χ0) is 11.0. The number of rotatable bonds is 2. The Balaban J connectivity index is 2.34. The van der Waals surface area contributed by atoms with Crippen LogP contribution in [-0.2, 0) is 6.42 Å². The van der Waals surface area contributed by atoms with Gasteiger partial charge in [0.15, 0.2) is 0 Å². The monoisotopic (exact) mass is 202 g/mol. The maximum absolute atomic E-state index is 4.65. The molecule has 15 heavy (non-hydrogen) atoms. The first-order valence-corrected chi connectivity index (χ1v) is 5.64. The molecule has 1 heterocycles. The van der Waals surface area contributed by atoms with E-state index in [1.165, 1.54) is 5.57 Å². The number of nitrogens with zero attached hydrogens (tertiary/aromatic N) is 2. The Morgan fingerprint density at radius 2 is 1.87 bits per heavy atom. The summed E-state index contributed by atoms with van der Waals surface area (Å²) in [6.45, 7) is 8.75. The van der Waals surface area contributed by atoms with Crippen molar-refractivity contribution in [1.82, 2.24) is 9.97 Å². The lowest BCUT2D eigenvalue weighted by Gasteiger charge is -2.05. The molecule has 0 saturated heterocycles. The van der Waals surface area contributed by atoms with Gasteiger partial charge in [0.2, 0.25) is 0 Å². The lowest BCUT2D eigenvalue weighted by molar-refractivity contribution is 0.747. The number of aromatic nitrogens is 2. The van der Waals surface area contributed by atoms with Gasteiger partial charge < -0.3 is 0 Å². The van der Waals surface area contributed by atoms with Crippen molar-refractivity contribution in [2.45, 2.75) is 40.0 Å². The summed E-state index contributed by atoms with van der Waals surface area (Å²) in [5.74, 6) is 1.06. The van der Waals surface area contributed by atoms with E-state index in [0.717, 1.165) is 23.5 Å². The summed E-state index contributed by atoms with van der Waals surface area (Å²) in [5.41, 5.74) is 4.77. The molecule has 0 spiro atoms. The molecular weight excluding hydrogens is 184 g/mol. The highest BCUT2D eigenvalue weighted by Gasteiger charge is 2.18. The first-order chi connectivity index (χ1) is 7.08. The molecule has 0 amide bonds. The van der Waals surface area contributed by atoms with E-state index < -0.39 is 0 Å². The second-order valence-electron chi connectivity index (χ2n) is 4.83. The zero-order valence-corrected chi connectivity index (χ0v) is 9.91. The molecule has 0 bridgehead atoms. The number of hydrogen-bond donors (Lipinski definition) is 0. The normalized spacial score (nSPS) is 14.7. The summed E-state index contributed by atoms with van der Waals surface area (Å²) in [5, 5.41) is 0. The number of hydrogen-bond acceptors (Lipinski definition) is 2. The Bertz CT molecular complexity index is 403. The van der Waals surface area contributed by atoms with Crippen LogP contribution in [-0.4, -0.2) is 9.97 Å². The van der Waals surface area contributed by atoms with Crippen molar-refractivity contribution in [1.29, 1.82) is 0 Å². The Kier molecular flexibility index (Phi) is 2.59. The smallest absolute Gasteiger partial charge is 0.0851 e. The van der Waals surface area contributed by atoms with Gasteiger partial charge in [-0.2, -0.15) is 0 Å². The molecule has 0 radical (unpaired) electrons. The van der Waals surface area contributed by atoms with Gasteiger partial charge in [-0.15, -0.1) is 0 Å². The van der Waals surface area contributed by atoms with Gasteiger partial charge in [-0.05, 0) is 17.9 Å². The van der Waals surface area contributed by atoms with Crippen LogP contribution in [0.5, 0.6) is 0 Å². The minimum atomic E-state index is 0.458. The maximum Gasteiger partial charge on any atom is 0.0851 e. The number of allylic oxidation sites excluding steroid dienone is 1. The van der Waals surface area contributed by atoms with E-state index in [1.807, 2.05) is 6.20 Å². The molecule has 0 aliphatic heterocycles. The summed E-state index contributed by atoms with van der Waals surface area (Å²) in [7, 11) is 0. The van der Waals surface area contributed by atoms with Crippen LogP contribution < -0.4 is 0 Å². The summed E-state index contributed by atoms with van der Waals surface area (Å²) in [6.07, 6.45) is 5.11. The van der Waals surface area contributed by atoms with Gasteiger partial charge in [-0.25, -0.2) is 4.98 Å². The van der Waals surface area contributed by atoms with Gasteiger partial charge in [0.05, 0.1) is 17.1 Å². The topological polar surface area (TPSA) is 25.8 Å². The third kappa shape index (κ3) is 1.94. The van der Waals surface area contributed by atoms with Gasteiger partial charge in [0.1, 0.15) is 0 Å². The fraction of sp³-hybridized carbons (Fsp3) is 0.538. The van der Waals surface area contributed by atoms with E-state index >= 15 is 0 Å². The molecule has 2 heteroatoms. The third-order valence-corrected chi connectivity index (χ3v) is 2.92. The van der Waals surface area contributed by atoms with Crippen molar-refractivity contribution in [2.75, 3.05) is 0 Å². The second kappa shape index (κ2) is 3.76. The predicted octanol–water partition coefficient (Wildman–Crippen LogP) is 3.20. The highest BCUT2D eigenvalue weighted by Crippen LogP contribution is 2.27. The third-order valence-electron chi connectivity index (χ3n) is 2.92. The van der Waals surface area contributed by atoms with Crippen LogP contribution >= 0.6 is 0 Å². The van der Waals surface area contributed by atoms with Gasteiger partial charge in [0, 0.05) is 12.6 Å². The molecule has 0 saturated carbocycles. The van der Waals surface area contributed by atoms with Crippen LogP contribution in [0.3, 0.4) is 0 Å². The van der Waals surface area contributed by atoms with Gasteiger partial charge in [0.25, 0.3) is 0 Å². The number of fused-ring (bicyclic) bond motifs is 1. The molecule has 0 N–H and O–H groups in total. The van der Waals surface area contributed by atoms with E-state index in [2.05, 4.69) is 43.7 Å². The van der Waals surface area contributed by atoms with Crippen LogP contribution in [0.4, 0.5) is 0 Å². The first-order valence-electron chi connectivity index (χ1n) is 5.64. The molecule has 0 atom stereocenters. The van der Waals surface area contributed by atoms with E-state index in [0.29, 0.717) is 11.8 Å². The summed E-state index contributed by atoms with van der Waals surface area (Å²) in [6, 6.07) is 0. The standard InChI is InChI=1S/C13H18N2/c1-8(2)10-5-11-12(6-10)15-13(7-14-11)9(3)4/h6-9H,5H2,1-4H3. The fourth-order valence-electron chi connectivity index (χ4n) is 1.76. The second-order valence-corrected chi connectivity index (χ2v) is 4.83. The SMILES string of the molecule is CC(C)C1=Cc2nc(C(C)C)cnc2C1. The minimum Gasteiger partial charge on any atom is -0.257 e.